The van der Waals surface area contributed by atoms with Crippen LogP contribution in [0.2, 0.25) is 10.0 Å². The molecule has 2 rings (SSSR count). The number of nitrogens with two attached hydrogens (primary N) is 1. The molecule has 0 radical (unpaired) electrons. The third-order valence-electron chi connectivity index (χ3n) is 3.27. The van der Waals surface area contributed by atoms with Crippen molar-refractivity contribution in [3.05, 3.63) is 63.6 Å². The van der Waals surface area contributed by atoms with Gasteiger partial charge in [-0.05, 0) is 36.2 Å². The molecule has 2 aromatic carbocycles. The van der Waals surface area contributed by atoms with E-state index in [2.05, 4.69) is 4.90 Å². The summed E-state index contributed by atoms with van der Waals surface area (Å²) in [6.07, 6.45) is 0. The highest BCUT2D eigenvalue weighted by Gasteiger charge is 2.10. The van der Waals surface area contributed by atoms with Crippen LogP contribution in [0.15, 0.2) is 42.5 Å². The first-order valence-corrected chi connectivity index (χ1v) is 7.24. The molecule has 4 heteroatoms. The maximum absolute atomic E-state index is 6.34. The molecule has 0 fully saturated rings. The molecule has 106 valence electrons. The Bertz CT molecular complexity index is 597. The first-order chi connectivity index (χ1) is 9.49. The van der Waals surface area contributed by atoms with Gasteiger partial charge >= 0.3 is 0 Å². The minimum absolute atomic E-state index is 0.0181. The highest BCUT2D eigenvalue weighted by molar-refractivity contribution is 6.33. The summed E-state index contributed by atoms with van der Waals surface area (Å²) in [5.41, 5.74) is 8.94. The van der Waals surface area contributed by atoms with Gasteiger partial charge in [0, 0.05) is 24.7 Å². The highest BCUT2D eigenvalue weighted by Crippen LogP contribution is 2.29. The second kappa shape index (κ2) is 6.49. The van der Waals surface area contributed by atoms with Crippen molar-refractivity contribution in [1.82, 2.24) is 0 Å². The molecule has 0 saturated heterocycles. The summed E-state index contributed by atoms with van der Waals surface area (Å²) >= 11 is 12.5. The van der Waals surface area contributed by atoms with Gasteiger partial charge in [-0.1, -0.05) is 47.5 Å². The molecule has 2 nitrogen and oxygen atoms in total. The summed E-state index contributed by atoms with van der Waals surface area (Å²) < 4.78 is 0. The fraction of sp³-hybridized carbons (Fsp3) is 0.250. The summed E-state index contributed by atoms with van der Waals surface area (Å²) in [5.74, 6) is 0. The normalized spacial score (nSPS) is 12.2. The van der Waals surface area contributed by atoms with Crippen molar-refractivity contribution in [2.24, 2.45) is 5.73 Å². The van der Waals surface area contributed by atoms with Gasteiger partial charge in [0.05, 0.1) is 10.7 Å². The number of rotatable bonds is 4. The molecular weight excluding hydrogens is 291 g/mol. The Labute approximate surface area is 130 Å². The molecule has 0 aliphatic heterocycles. The van der Waals surface area contributed by atoms with E-state index in [1.807, 2.05) is 56.4 Å². The summed E-state index contributed by atoms with van der Waals surface area (Å²) in [4.78, 5) is 2.08. The zero-order valence-corrected chi connectivity index (χ0v) is 13.1. The van der Waals surface area contributed by atoms with E-state index in [4.69, 9.17) is 28.9 Å². The van der Waals surface area contributed by atoms with Crippen LogP contribution in [0.3, 0.4) is 0 Å². The average molecular weight is 309 g/mol. The topological polar surface area (TPSA) is 29.3 Å². The van der Waals surface area contributed by atoms with Crippen molar-refractivity contribution in [2.75, 3.05) is 11.9 Å². The fourth-order valence-electron chi connectivity index (χ4n) is 2.08. The zero-order chi connectivity index (χ0) is 14.7. The Morgan fingerprint density at radius 3 is 2.40 bits per heavy atom. The van der Waals surface area contributed by atoms with Crippen LogP contribution in [0.1, 0.15) is 24.1 Å². The van der Waals surface area contributed by atoms with E-state index in [0.29, 0.717) is 11.6 Å². The van der Waals surface area contributed by atoms with Crippen LogP contribution in [0, 0.1) is 0 Å². The van der Waals surface area contributed by atoms with Crippen molar-refractivity contribution in [3.8, 4) is 0 Å². The van der Waals surface area contributed by atoms with E-state index < -0.39 is 0 Å². The molecule has 0 aliphatic rings. The SMILES string of the molecule is CC(N)c1ccc(N(C)Cc2ccccc2Cl)c(Cl)c1. The van der Waals surface area contributed by atoms with Crippen LogP contribution in [-0.2, 0) is 6.54 Å². The second-order valence-corrected chi connectivity index (χ2v) is 5.76. The third kappa shape index (κ3) is 3.45. The van der Waals surface area contributed by atoms with Crippen molar-refractivity contribution < 1.29 is 0 Å². The number of anilines is 1. The zero-order valence-electron chi connectivity index (χ0n) is 11.6. The molecule has 1 atom stereocenters. The van der Waals surface area contributed by atoms with Crippen molar-refractivity contribution in [1.29, 1.82) is 0 Å². The quantitative estimate of drug-likeness (QED) is 0.891. The first kappa shape index (κ1) is 15.2. The molecule has 2 N–H and O–H groups in total. The van der Waals surface area contributed by atoms with Gasteiger partial charge in [0.15, 0.2) is 0 Å². The average Bonchev–Trinajstić information content (AvgIpc) is 2.41. The minimum Gasteiger partial charge on any atom is -0.369 e. The molecule has 0 saturated carbocycles. The maximum Gasteiger partial charge on any atom is 0.0642 e. The van der Waals surface area contributed by atoms with Crippen molar-refractivity contribution in [3.63, 3.8) is 0 Å². The number of hydrogen-bond acceptors (Lipinski definition) is 2. The molecule has 0 spiro atoms. The molecule has 20 heavy (non-hydrogen) atoms. The van der Waals surface area contributed by atoms with Crippen LogP contribution in [0.5, 0.6) is 0 Å². The van der Waals surface area contributed by atoms with E-state index >= 15 is 0 Å². The predicted molar refractivity (Wildman–Crippen MR) is 87.6 cm³/mol. The lowest BCUT2D eigenvalue weighted by molar-refractivity contribution is 0.817. The standard InChI is InChI=1S/C16H18Cl2N2/c1-11(19)12-7-8-16(15(18)9-12)20(2)10-13-5-3-4-6-14(13)17/h3-9,11H,10,19H2,1-2H3. The Kier molecular flexibility index (Phi) is 4.92. The summed E-state index contributed by atoms with van der Waals surface area (Å²) in [6, 6.07) is 13.7. The van der Waals surface area contributed by atoms with E-state index in [1.54, 1.807) is 0 Å². The highest BCUT2D eigenvalue weighted by atomic mass is 35.5. The second-order valence-electron chi connectivity index (χ2n) is 4.95. The molecule has 0 heterocycles. The predicted octanol–water partition coefficient (Wildman–Crippen LogP) is 4.65. The van der Waals surface area contributed by atoms with Crippen LogP contribution >= 0.6 is 23.2 Å². The monoisotopic (exact) mass is 308 g/mol. The Morgan fingerprint density at radius 1 is 1.10 bits per heavy atom. The largest absolute Gasteiger partial charge is 0.369 e. The lowest BCUT2D eigenvalue weighted by Gasteiger charge is -2.22. The number of nitrogens with zero attached hydrogens (tertiary/aromatic N) is 1. The van der Waals surface area contributed by atoms with Gasteiger partial charge in [-0.3, -0.25) is 0 Å². The van der Waals surface area contributed by atoms with Crippen LogP contribution in [0.4, 0.5) is 5.69 Å². The summed E-state index contributed by atoms with van der Waals surface area (Å²) in [6.45, 7) is 2.65. The fourth-order valence-corrected chi connectivity index (χ4v) is 2.61. The molecule has 1 unspecified atom stereocenters. The van der Waals surface area contributed by atoms with E-state index in [1.165, 1.54) is 0 Å². The van der Waals surface area contributed by atoms with Gasteiger partial charge in [0.25, 0.3) is 0 Å². The smallest absolute Gasteiger partial charge is 0.0642 e. The van der Waals surface area contributed by atoms with E-state index in [0.717, 1.165) is 21.8 Å². The van der Waals surface area contributed by atoms with Gasteiger partial charge in [0.1, 0.15) is 0 Å². The van der Waals surface area contributed by atoms with Crippen molar-refractivity contribution >= 4 is 28.9 Å². The van der Waals surface area contributed by atoms with Crippen LogP contribution < -0.4 is 10.6 Å². The third-order valence-corrected chi connectivity index (χ3v) is 3.95. The van der Waals surface area contributed by atoms with Gasteiger partial charge in [-0.15, -0.1) is 0 Å². The molecule has 2 aromatic rings. The Hall–Kier alpha value is -1.22. The Balaban J connectivity index is 2.21. The molecule has 0 aromatic heterocycles. The van der Waals surface area contributed by atoms with Gasteiger partial charge in [-0.25, -0.2) is 0 Å². The minimum atomic E-state index is -0.0181. The number of hydrogen-bond donors (Lipinski definition) is 1. The summed E-state index contributed by atoms with van der Waals surface area (Å²) in [7, 11) is 2.00. The van der Waals surface area contributed by atoms with E-state index in [9.17, 15) is 0 Å². The maximum atomic E-state index is 6.34. The number of halogens is 2. The van der Waals surface area contributed by atoms with Crippen LogP contribution in [-0.4, -0.2) is 7.05 Å². The Morgan fingerprint density at radius 2 is 1.80 bits per heavy atom. The number of benzene rings is 2. The molecule has 0 bridgehead atoms. The molecule has 0 amide bonds. The lowest BCUT2D eigenvalue weighted by Crippen LogP contribution is -2.17. The molecular formula is C16H18Cl2N2. The van der Waals surface area contributed by atoms with E-state index in [-0.39, 0.29) is 6.04 Å². The lowest BCUT2D eigenvalue weighted by atomic mass is 10.1. The first-order valence-electron chi connectivity index (χ1n) is 6.48. The summed E-state index contributed by atoms with van der Waals surface area (Å²) in [5, 5.41) is 1.47. The van der Waals surface area contributed by atoms with Gasteiger partial charge in [0.2, 0.25) is 0 Å². The van der Waals surface area contributed by atoms with Gasteiger partial charge in [-0.2, -0.15) is 0 Å². The molecule has 0 aliphatic carbocycles. The van der Waals surface area contributed by atoms with Gasteiger partial charge < -0.3 is 10.6 Å². The van der Waals surface area contributed by atoms with Crippen LogP contribution in [0.25, 0.3) is 0 Å². The van der Waals surface area contributed by atoms with Crippen molar-refractivity contribution in [2.45, 2.75) is 19.5 Å².